The summed E-state index contributed by atoms with van der Waals surface area (Å²) in [5, 5.41) is 0.455. The van der Waals surface area contributed by atoms with Crippen molar-refractivity contribution in [3.8, 4) is 0 Å². The van der Waals surface area contributed by atoms with Crippen molar-refractivity contribution in [2.45, 2.75) is 57.5 Å². The number of rotatable bonds is 3. The molecule has 0 aliphatic carbocycles. The standard InChI is InChI=1S/C19H23N3OS/c1-11-10-16-8-6-7-9-17(16)22(11)18(23)15(5)24-19-20-13(3)12(2)14(4)21-19/h6-9,11,15H,10H2,1-5H3/t11-,15-/m0/s1. The summed E-state index contributed by atoms with van der Waals surface area (Å²) in [7, 11) is 0. The van der Waals surface area contributed by atoms with Gasteiger partial charge in [0.15, 0.2) is 5.16 Å². The van der Waals surface area contributed by atoms with Gasteiger partial charge in [-0.1, -0.05) is 30.0 Å². The highest BCUT2D eigenvalue weighted by Crippen LogP contribution is 2.34. The maximum atomic E-state index is 13.0. The van der Waals surface area contributed by atoms with Crippen LogP contribution in [0.25, 0.3) is 0 Å². The third-order valence-corrected chi connectivity index (χ3v) is 5.64. The summed E-state index contributed by atoms with van der Waals surface area (Å²) >= 11 is 1.44. The number of aromatic nitrogens is 2. The fourth-order valence-corrected chi connectivity index (χ4v) is 4.01. The predicted octanol–water partition coefficient (Wildman–Crippen LogP) is 3.86. The van der Waals surface area contributed by atoms with Crippen LogP contribution in [0.1, 0.15) is 36.4 Å². The molecule has 0 radical (unpaired) electrons. The first kappa shape index (κ1) is 17.0. The molecule has 3 rings (SSSR count). The smallest absolute Gasteiger partial charge is 0.240 e. The third-order valence-electron chi connectivity index (χ3n) is 4.69. The lowest BCUT2D eigenvalue weighted by Gasteiger charge is -2.25. The number of aryl methyl sites for hydroxylation is 2. The van der Waals surface area contributed by atoms with Crippen molar-refractivity contribution in [2.24, 2.45) is 0 Å². The third kappa shape index (κ3) is 3.05. The van der Waals surface area contributed by atoms with Crippen molar-refractivity contribution in [1.82, 2.24) is 9.97 Å². The molecule has 4 nitrogen and oxygen atoms in total. The summed E-state index contributed by atoms with van der Waals surface area (Å²) in [6.07, 6.45) is 0.915. The number of hydrogen-bond acceptors (Lipinski definition) is 4. The molecule has 126 valence electrons. The first-order valence-electron chi connectivity index (χ1n) is 8.28. The fourth-order valence-electron chi connectivity index (χ4n) is 3.10. The summed E-state index contributed by atoms with van der Waals surface area (Å²) in [6, 6.07) is 8.35. The molecule has 2 heterocycles. The molecule has 0 fully saturated rings. The van der Waals surface area contributed by atoms with Gasteiger partial charge in [0, 0.05) is 23.1 Å². The lowest BCUT2D eigenvalue weighted by molar-refractivity contribution is -0.118. The van der Waals surface area contributed by atoms with Gasteiger partial charge in [-0.15, -0.1) is 0 Å². The summed E-state index contributed by atoms with van der Waals surface area (Å²) in [6.45, 7) is 10.0. The van der Waals surface area contributed by atoms with Gasteiger partial charge < -0.3 is 4.90 Å². The van der Waals surface area contributed by atoms with Crippen LogP contribution in [-0.2, 0) is 11.2 Å². The zero-order valence-corrected chi connectivity index (χ0v) is 15.6. The Morgan fingerprint density at radius 3 is 2.50 bits per heavy atom. The van der Waals surface area contributed by atoms with Gasteiger partial charge in [-0.25, -0.2) is 9.97 Å². The maximum absolute atomic E-state index is 13.0. The Labute approximate surface area is 147 Å². The molecule has 0 unspecified atom stereocenters. The highest BCUT2D eigenvalue weighted by atomic mass is 32.2. The van der Waals surface area contributed by atoms with Crippen LogP contribution in [0, 0.1) is 20.8 Å². The average Bonchev–Trinajstić information content (AvgIpc) is 2.87. The number of fused-ring (bicyclic) bond motifs is 1. The quantitative estimate of drug-likeness (QED) is 0.628. The molecule has 1 amide bonds. The molecule has 0 spiro atoms. The molecule has 1 aromatic carbocycles. The molecule has 0 N–H and O–H groups in total. The van der Waals surface area contributed by atoms with E-state index >= 15 is 0 Å². The molecular weight excluding hydrogens is 318 g/mol. The lowest BCUT2D eigenvalue weighted by Crippen LogP contribution is -2.40. The van der Waals surface area contributed by atoms with Gasteiger partial charge in [-0.05, 0) is 58.2 Å². The van der Waals surface area contributed by atoms with Crippen molar-refractivity contribution >= 4 is 23.4 Å². The largest absolute Gasteiger partial charge is 0.308 e. The minimum absolute atomic E-state index is 0.122. The Bertz CT molecular complexity index is 767. The van der Waals surface area contributed by atoms with Gasteiger partial charge in [0.05, 0.1) is 5.25 Å². The Morgan fingerprint density at radius 1 is 1.21 bits per heavy atom. The molecule has 1 aromatic heterocycles. The highest BCUT2D eigenvalue weighted by Gasteiger charge is 2.33. The van der Waals surface area contributed by atoms with Crippen LogP contribution in [0.3, 0.4) is 0 Å². The van der Waals surface area contributed by atoms with Crippen molar-refractivity contribution in [3.05, 3.63) is 46.8 Å². The molecule has 2 atom stereocenters. The number of thioether (sulfide) groups is 1. The zero-order valence-electron chi connectivity index (χ0n) is 14.8. The molecule has 24 heavy (non-hydrogen) atoms. The Morgan fingerprint density at radius 2 is 1.83 bits per heavy atom. The summed E-state index contributed by atoms with van der Waals surface area (Å²) in [4.78, 5) is 24.0. The molecule has 0 saturated heterocycles. The molecule has 0 saturated carbocycles. The number of carbonyl (C=O) groups is 1. The topological polar surface area (TPSA) is 46.1 Å². The molecule has 5 heteroatoms. The van der Waals surface area contributed by atoms with E-state index in [9.17, 15) is 4.79 Å². The SMILES string of the molecule is Cc1nc(S[C@@H](C)C(=O)N2c3ccccc3C[C@@H]2C)nc(C)c1C. The number of amides is 1. The molecular formula is C19H23N3OS. The second kappa shape index (κ2) is 6.55. The summed E-state index contributed by atoms with van der Waals surface area (Å²) < 4.78 is 0. The Hall–Kier alpha value is -1.88. The van der Waals surface area contributed by atoms with Crippen molar-refractivity contribution in [2.75, 3.05) is 4.90 Å². The van der Waals surface area contributed by atoms with Gasteiger partial charge in [0.2, 0.25) is 5.91 Å². The van der Waals surface area contributed by atoms with E-state index in [0.29, 0.717) is 5.16 Å². The number of carbonyl (C=O) groups excluding carboxylic acids is 1. The minimum atomic E-state index is -0.222. The van der Waals surface area contributed by atoms with Crippen molar-refractivity contribution in [1.29, 1.82) is 0 Å². The second-order valence-corrected chi connectivity index (χ2v) is 7.76. The number of anilines is 1. The van der Waals surface area contributed by atoms with Gasteiger partial charge >= 0.3 is 0 Å². The average molecular weight is 341 g/mol. The van der Waals surface area contributed by atoms with Crippen LogP contribution in [0.2, 0.25) is 0 Å². The fraction of sp³-hybridized carbons (Fsp3) is 0.421. The van der Waals surface area contributed by atoms with Crippen LogP contribution >= 0.6 is 11.8 Å². The molecule has 0 bridgehead atoms. The van der Waals surface area contributed by atoms with Crippen LogP contribution in [0.5, 0.6) is 0 Å². The van der Waals surface area contributed by atoms with Crippen LogP contribution in [0.4, 0.5) is 5.69 Å². The lowest BCUT2D eigenvalue weighted by atomic mass is 10.1. The normalized spacial score (nSPS) is 17.7. The van der Waals surface area contributed by atoms with Crippen LogP contribution in [-0.4, -0.2) is 27.2 Å². The molecule has 1 aliphatic rings. The van der Waals surface area contributed by atoms with Crippen LogP contribution < -0.4 is 4.90 Å². The van der Waals surface area contributed by atoms with Crippen LogP contribution in [0.15, 0.2) is 29.4 Å². The van der Waals surface area contributed by atoms with Crippen molar-refractivity contribution in [3.63, 3.8) is 0 Å². The molecule has 2 aromatic rings. The number of nitrogens with zero attached hydrogens (tertiary/aromatic N) is 3. The van der Waals surface area contributed by atoms with E-state index in [1.165, 1.54) is 17.3 Å². The highest BCUT2D eigenvalue weighted by molar-refractivity contribution is 8.00. The summed E-state index contributed by atoms with van der Waals surface area (Å²) in [5.74, 6) is 0.122. The predicted molar refractivity (Wildman–Crippen MR) is 98.7 cm³/mol. The van der Waals surface area contributed by atoms with E-state index in [-0.39, 0.29) is 17.2 Å². The first-order valence-corrected chi connectivity index (χ1v) is 9.16. The minimum Gasteiger partial charge on any atom is -0.308 e. The van der Waals surface area contributed by atoms with E-state index < -0.39 is 0 Å². The van der Waals surface area contributed by atoms with E-state index in [2.05, 4.69) is 23.0 Å². The number of benzene rings is 1. The van der Waals surface area contributed by atoms with E-state index in [0.717, 1.165) is 29.1 Å². The van der Waals surface area contributed by atoms with Gasteiger partial charge in [0.1, 0.15) is 0 Å². The maximum Gasteiger partial charge on any atom is 0.240 e. The van der Waals surface area contributed by atoms with Crippen molar-refractivity contribution < 1.29 is 4.79 Å². The summed E-state index contributed by atoms with van der Waals surface area (Å²) in [5.41, 5.74) is 5.35. The van der Waals surface area contributed by atoms with Gasteiger partial charge in [-0.2, -0.15) is 0 Å². The van der Waals surface area contributed by atoms with Gasteiger partial charge in [-0.3, -0.25) is 4.79 Å². The van der Waals surface area contributed by atoms with E-state index in [4.69, 9.17) is 0 Å². The van der Waals surface area contributed by atoms with E-state index in [1.54, 1.807) is 0 Å². The molecule has 1 aliphatic heterocycles. The number of para-hydroxylation sites is 1. The Balaban J connectivity index is 1.81. The monoisotopic (exact) mass is 341 g/mol. The second-order valence-electron chi connectivity index (χ2n) is 6.45. The first-order chi connectivity index (χ1) is 11.4. The Kier molecular flexibility index (Phi) is 4.63. The zero-order chi connectivity index (χ0) is 17.4. The van der Waals surface area contributed by atoms with Gasteiger partial charge in [0.25, 0.3) is 0 Å². The van der Waals surface area contributed by atoms with E-state index in [1.807, 2.05) is 50.8 Å². The number of hydrogen-bond donors (Lipinski definition) is 0.